The quantitative estimate of drug-likeness (QED) is 0.543. The molecule has 1 N–H and O–H groups in total. The van der Waals surface area contributed by atoms with Gasteiger partial charge in [-0.3, -0.25) is 0 Å². The van der Waals surface area contributed by atoms with Crippen LogP contribution in [0.1, 0.15) is 29.7 Å². The van der Waals surface area contributed by atoms with E-state index >= 15 is 0 Å². The topological polar surface area (TPSA) is 32.7 Å². The predicted molar refractivity (Wildman–Crippen MR) is 110 cm³/mol. The molecule has 0 radical (unpaired) electrons. The molecular weight excluding hydrogens is 391 g/mol. The van der Waals surface area contributed by atoms with Crippen molar-refractivity contribution < 1.29 is 23.0 Å². The average molecular weight is 411 g/mol. The lowest BCUT2D eigenvalue weighted by molar-refractivity contribution is -0.137. The van der Waals surface area contributed by atoms with Gasteiger partial charge < -0.3 is 14.7 Å². The number of benzene rings is 3. The van der Waals surface area contributed by atoms with Gasteiger partial charge in [0, 0.05) is 11.3 Å². The van der Waals surface area contributed by atoms with E-state index in [1.165, 1.54) is 12.1 Å². The monoisotopic (exact) mass is 411 g/mol. The van der Waals surface area contributed by atoms with Gasteiger partial charge in [-0.1, -0.05) is 42.5 Å². The normalized spacial score (nSPS) is 19.2. The number of aromatic hydroxyl groups is 1. The van der Waals surface area contributed by atoms with Crippen molar-refractivity contribution in [3.05, 3.63) is 102 Å². The second kappa shape index (κ2) is 7.78. The minimum atomic E-state index is -4.38. The molecule has 30 heavy (non-hydrogen) atoms. The lowest BCUT2D eigenvalue weighted by Gasteiger charge is -2.41. The molecular formula is C24H20F3NO2. The van der Waals surface area contributed by atoms with Gasteiger partial charge in [0.25, 0.3) is 0 Å². The number of ether oxygens (including phenoxy) is 1. The molecule has 4 rings (SSSR count). The number of halogens is 3. The zero-order chi connectivity index (χ0) is 21.3. The van der Waals surface area contributed by atoms with Gasteiger partial charge in [-0.2, -0.15) is 13.2 Å². The zero-order valence-electron chi connectivity index (χ0n) is 16.2. The van der Waals surface area contributed by atoms with Crippen LogP contribution in [0.25, 0.3) is 5.76 Å². The highest BCUT2D eigenvalue weighted by atomic mass is 19.4. The van der Waals surface area contributed by atoms with Crippen molar-refractivity contribution in [2.45, 2.75) is 25.4 Å². The van der Waals surface area contributed by atoms with E-state index in [0.717, 1.165) is 23.4 Å². The minimum absolute atomic E-state index is 0.168. The van der Waals surface area contributed by atoms with Crippen molar-refractivity contribution in [2.75, 3.05) is 4.90 Å². The summed E-state index contributed by atoms with van der Waals surface area (Å²) in [6.07, 6.45) is -2.86. The maximum Gasteiger partial charge on any atom is 0.416 e. The maximum absolute atomic E-state index is 12.9. The molecule has 3 aromatic carbocycles. The van der Waals surface area contributed by atoms with E-state index in [1.807, 2.05) is 55.5 Å². The van der Waals surface area contributed by atoms with Crippen LogP contribution in [0, 0.1) is 0 Å². The van der Waals surface area contributed by atoms with Gasteiger partial charge in [-0.15, -0.1) is 0 Å². The van der Waals surface area contributed by atoms with E-state index in [-0.39, 0.29) is 18.0 Å². The van der Waals surface area contributed by atoms with Crippen LogP contribution in [0.2, 0.25) is 0 Å². The van der Waals surface area contributed by atoms with Crippen molar-refractivity contribution in [2.24, 2.45) is 0 Å². The van der Waals surface area contributed by atoms with E-state index in [0.29, 0.717) is 11.3 Å². The van der Waals surface area contributed by atoms with E-state index in [2.05, 4.69) is 4.90 Å². The molecule has 6 heteroatoms. The van der Waals surface area contributed by atoms with E-state index in [4.69, 9.17) is 4.74 Å². The number of hydrogen-bond acceptors (Lipinski definition) is 3. The first kappa shape index (κ1) is 19.9. The summed E-state index contributed by atoms with van der Waals surface area (Å²) in [7, 11) is 0. The first-order chi connectivity index (χ1) is 14.3. The standard InChI is InChI=1S/C24H20F3NO2/c1-16-28(20-11-13-21(29)14-12-20)22(17-5-3-2-4-6-17)15-23(30-16)18-7-9-19(10-8-18)24(25,26)27/h2-16,22,29H,1H3. The predicted octanol–water partition coefficient (Wildman–Crippen LogP) is 6.38. The fourth-order valence-electron chi connectivity index (χ4n) is 3.62. The average Bonchev–Trinajstić information content (AvgIpc) is 2.74. The molecule has 1 aliphatic heterocycles. The van der Waals surface area contributed by atoms with Crippen LogP contribution in [0.5, 0.6) is 5.75 Å². The van der Waals surface area contributed by atoms with Gasteiger partial charge in [-0.05, 0) is 55.0 Å². The van der Waals surface area contributed by atoms with Crippen LogP contribution < -0.4 is 4.90 Å². The lowest BCUT2D eigenvalue weighted by atomic mass is 9.99. The Morgan fingerprint density at radius 2 is 1.50 bits per heavy atom. The Kier molecular flexibility index (Phi) is 5.16. The van der Waals surface area contributed by atoms with Gasteiger partial charge in [0.1, 0.15) is 11.5 Å². The Labute approximate surface area is 172 Å². The number of nitrogens with zero attached hydrogens (tertiary/aromatic N) is 1. The van der Waals surface area contributed by atoms with Crippen molar-refractivity contribution in [1.82, 2.24) is 0 Å². The van der Waals surface area contributed by atoms with Crippen LogP contribution in [0.3, 0.4) is 0 Å². The van der Waals surface area contributed by atoms with Crippen LogP contribution in [-0.4, -0.2) is 11.3 Å². The lowest BCUT2D eigenvalue weighted by Crippen LogP contribution is -2.40. The summed E-state index contributed by atoms with van der Waals surface area (Å²) >= 11 is 0. The number of rotatable bonds is 3. The second-order valence-corrected chi connectivity index (χ2v) is 7.10. The van der Waals surface area contributed by atoms with Gasteiger partial charge in [0.05, 0.1) is 11.6 Å². The summed E-state index contributed by atoms with van der Waals surface area (Å²) in [5, 5.41) is 9.63. The molecule has 1 heterocycles. The molecule has 0 saturated heterocycles. The Morgan fingerprint density at radius 1 is 0.867 bits per heavy atom. The number of phenolic OH excluding ortho intramolecular Hbond substituents is 1. The second-order valence-electron chi connectivity index (χ2n) is 7.10. The molecule has 0 aliphatic carbocycles. The van der Waals surface area contributed by atoms with E-state index in [9.17, 15) is 18.3 Å². The van der Waals surface area contributed by atoms with Gasteiger partial charge in [-0.25, -0.2) is 0 Å². The van der Waals surface area contributed by atoms with Gasteiger partial charge >= 0.3 is 6.18 Å². The zero-order valence-corrected chi connectivity index (χ0v) is 16.2. The molecule has 0 fully saturated rings. The van der Waals surface area contributed by atoms with Crippen LogP contribution >= 0.6 is 0 Å². The Hall–Kier alpha value is -3.41. The molecule has 2 unspecified atom stereocenters. The number of hydrogen-bond donors (Lipinski definition) is 1. The molecule has 3 nitrogen and oxygen atoms in total. The summed E-state index contributed by atoms with van der Waals surface area (Å²) in [6, 6.07) is 21.4. The summed E-state index contributed by atoms with van der Waals surface area (Å²) < 4.78 is 44.8. The van der Waals surface area contributed by atoms with Crippen molar-refractivity contribution in [3.63, 3.8) is 0 Å². The molecule has 0 amide bonds. The molecule has 0 spiro atoms. The van der Waals surface area contributed by atoms with Gasteiger partial charge in [0.2, 0.25) is 0 Å². The molecule has 2 atom stereocenters. The minimum Gasteiger partial charge on any atom is -0.508 e. The summed E-state index contributed by atoms with van der Waals surface area (Å²) in [5.41, 5.74) is 1.77. The highest BCUT2D eigenvalue weighted by Crippen LogP contribution is 2.39. The molecule has 0 saturated carbocycles. The van der Waals surface area contributed by atoms with Crippen LogP contribution in [0.4, 0.5) is 18.9 Å². The fraction of sp³-hybridized carbons (Fsp3) is 0.167. The van der Waals surface area contributed by atoms with Crippen LogP contribution in [-0.2, 0) is 10.9 Å². The molecule has 0 bridgehead atoms. The van der Waals surface area contributed by atoms with Gasteiger partial charge in [0.15, 0.2) is 6.23 Å². The first-order valence-electron chi connectivity index (χ1n) is 9.51. The van der Waals surface area contributed by atoms with Crippen LogP contribution in [0.15, 0.2) is 84.9 Å². The largest absolute Gasteiger partial charge is 0.508 e. The number of anilines is 1. The third kappa shape index (κ3) is 3.99. The molecule has 1 aliphatic rings. The van der Waals surface area contributed by atoms with Crippen molar-refractivity contribution in [1.29, 1.82) is 0 Å². The molecule has 3 aromatic rings. The maximum atomic E-state index is 12.9. The molecule has 0 aromatic heterocycles. The third-order valence-electron chi connectivity index (χ3n) is 5.08. The van der Waals surface area contributed by atoms with Crippen molar-refractivity contribution in [3.8, 4) is 5.75 Å². The summed E-state index contributed by atoms with van der Waals surface area (Å²) in [6.45, 7) is 1.89. The van der Waals surface area contributed by atoms with Crippen molar-refractivity contribution >= 4 is 11.4 Å². The first-order valence-corrected chi connectivity index (χ1v) is 9.51. The fourth-order valence-corrected chi connectivity index (χ4v) is 3.62. The Bertz CT molecular complexity index is 1030. The third-order valence-corrected chi connectivity index (χ3v) is 5.08. The summed E-state index contributed by atoms with van der Waals surface area (Å²) in [5.74, 6) is 0.696. The number of phenols is 1. The molecule has 154 valence electrons. The summed E-state index contributed by atoms with van der Waals surface area (Å²) in [4.78, 5) is 2.06. The van der Waals surface area contributed by atoms with E-state index < -0.39 is 11.7 Å². The smallest absolute Gasteiger partial charge is 0.416 e. The SMILES string of the molecule is CC1OC(c2ccc(C(F)(F)F)cc2)=CC(c2ccccc2)N1c1ccc(O)cc1. The van der Waals surface area contributed by atoms with E-state index in [1.54, 1.807) is 12.1 Å². The highest BCUT2D eigenvalue weighted by molar-refractivity contribution is 5.66. The Balaban J connectivity index is 1.76. The Morgan fingerprint density at radius 3 is 2.10 bits per heavy atom. The number of alkyl halides is 3. The highest BCUT2D eigenvalue weighted by Gasteiger charge is 2.33.